The van der Waals surface area contributed by atoms with Crippen molar-refractivity contribution in [1.82, 2.24) is 0 Å². The maximum Gasteiger partial charge on any atom is 0.181 e. The molecule has 0 radical (unpaired) electrons. The topological polar surface area (TPSA) is 12.0 Å². The van der Waals surface area contributed by atoms with Gasteiger partial charge in [-0.05, 0) is 36.2 Å². The van der Waals surface area contributed by atoms with Crippen LogP contribution in [0.2, 0.25) is 0 Å². The van der Waals surface area contributed by atoms with Gasteiger partial charge in [0.05, 0.1) is 5.69 Å². The molecule has 2 aromatic rings. The summed E-state index contributed by atoms with van der Waals surface area (Å²) in [6.07, 6.45) is 0. The maximum absolute atomic E-state index is 13.4. The van der Waals surface area contributed by atoms with E-state index in [1.54, 1.807) is 0 Å². The Morgan fingerprint density at radius 1 is 1.17 bits per heavy atom. The quantitative estimate of drug-likeness (QED) is 0.870. The molecular weight excluding hydrogens is 300 g/mol. The van der Waals surface area contributed by atoms with Gasteiger partial charge >= 0.3 is 0 Å². The van der Waals surface area contributed by atoms with Gasteiger partial charge in [0.25, 0.3) is 0 Å². The standard InChI is InChI=1S/C14H12BrF2N/c1-9-7-10(5-6-11(9)15)8-18-13-4-2-3-12(16)14(13)17/h2-7,18H,8H2,1H3. The lowest BCUT2D eigenvalue weighted by Gasteiger charge is -2.09. The van der Waals surface area contributed by atoms with Crippen molar-refractivity contribution in [2.75, 3.05) is 5.32 Å². The maximum atomic E-state index is 13.4. The van der Waals surface area contributed by atoms with Crippen molar-refractivity contribution < 1.29 is 8.78 Å². The van der Waals surface area contributed by atoms with Gasteiger partial charge in [-0.3, -0.25) is 0 Å². The van der Waals surface area contributed by atoms with E-state index in [-0.39, 0.29) is 5.69 Å². The fourth-order valence-corrected chi connectivity index (χ4v) is 1.90. The lowest BCUT2D eigenvalue weighted by molar-refractivity contribution is 0.511. The summed E-state index contributed by atoms with van der Waals surface area (Å²) in [5.41, 5.74) is 2.30. The van der Waals surface area contributed by atoms with Gasteiger partial charge in [0.1, 0.15) is 0 Å². The van der Waals surface area contributed by atoms with Gasteiger partial charge in [-0.15, -0.1) is 0 Å². The van der Waals surface area contributed by atoms with Gasteiger partial charge in [-0.25, -0.2) is 8.78 Å². The molecule has 1 nitrogen and oxygen atoms in total. The highest BCUT2D eigenvalue weighted by molar-refractivity contribution is 9.10. The molecule has 4 heteroatoms. The SMILES string of the molecule is Cc1cc(CNc2cccc(F)c2F)ccc1Br. The number of hydrogen-bond donors (Lipinski definition) is 1. The van der Waals surface area contributed by atoms with Crippen LogP contribution in [-0.2, 0) is 6.54 Å². The summed E-state index contributed by atoms with van der Waals surface area (Å²) in [5.74, 6) is -1.68. The van der Waals surface area contributed by atoms with Crippen LogP contribution in [0.15, 0.2) is 40.9 Å². The fraction of sp³-hybridized carbons (Fsp3) is 0.143. The predicted molar refractivity (Wildman–Crippen MR) is 72.6 cm³/mol. The van der Waals surface area contributed by atoms with Crippen LogP contribution in [0.25, 0.3) is 0 Å². The number of anilines is 1. The molecule has 0 unspecified atom stereocenters. The third-order valence-electron chi connectivity index (χ3n) is 2.66. The van der Waals surface area contributed by atoms with Gasteiger partial charge in [0, 0.05) is 11.0 Å². The van der Waals surface area contributed by atoms with Crippen LogP contribution in [-0.4, -0.2) is 0 Å². The summed E-state index contributed by atoms with van der Waals surface area (Å²) in [7, 11) is 0. The first-order valence-corrected chi connectivity index (χ1v) is 6.30. The zero-order valence-electron chi connectivity index (χ0n) is 9.81. The largest absolute Gasteiger partial charge is 0.379 e. The second-order valence-electron chi connectivity index (χ2n) is 4.04. The highest BCUT2D eigenvalue weighted by Gasteiger charge is 2.06. The summed E-state index contributed by atoms with van der Waals surface area (Å²) >= 11 is 3.42. The summed E-state index contributed by atoms with van der Waals surface area (Å²) in [4.78, 5) is 0. The van der Waals surface area contributed by atoms with Crippen molar-refractivity contribution in [2.24, 2.45) is 0 Å². The molecule has 0 spiro atoms. The van der Waals surface area contributed by atoms with Crippen LogP contribution in [0.4, 0.5) is 14.5 Å². The molecule has 0 aliphatic rings. The Morgan fingerprint density at radius 3 is 2.67 bits per heavy atom. The van der Waals surface area contributed by atoms with Crippen molar-refractivity contribution >= 4 is 21.6 Å². The Hall–Kier alpha value is -1.42. The normalized spacial score (nSPS) is 10.4. The van der Waals surface area contributed by atoms with Crippen LogP contribution in [0.1, 0.15) is 11.1 Å². The Balaban J connectivity index is 2.11. The fourth-order valence-electron chi connectivity index (χ4n) is 1.65. The van der Waals surface area contributed by atoms with Gasteiger partial charge in [0.2, 0.25) is 0 Å². The van der Waals surface area contributed by atoms with E-state index < -0.39 is 11.6 Å². The molecule has 0 saturated heterocycles. The summed E-state index contributed by atoms with van der Waals surface area (Å²) in [6, 6.07) is 9.96. The van der Waals surface area contributed by atoms with E-state index >= 15 is 0 Å². The second-order valence-corrected chi connectivity index (χ2v) is 4.89. The molecule has 0 fully saturated rings. The number of nitrogens with one attached hydrogen (secondary N) is 1. The van der Waals surface area contributed by atoms with Crippen LogP contribution >= 0.6 is 15.9 Å². The number of rotatable bonds is 3. The van der Waals surface area contributed by atoms with Crippen LogP contribution in [0.5, 0.6) is 0 Å². The van der Waals surface area contributed by atoms with Crippen LogP contribution < -0.4 is 5.32 Å². The molecule has 0 heterocycles. The van der Waals surface area contributed by atoms with Gasteiger partial charge in [0.15, 0.2) is 11.6 Å². The third kappa shape index (κ3) is 2.88. The highest BCUT2D eigenvalue weighted by Crippen LogP contribution is 2.20. The Labute approximate surface area is 113 Å². The molecule has 2 rings (SSSR count). The van der Waals surface area contributed by atoms with Crippen molar-refractivity contribution in [2.45, 2.75) is 13.5 Å². The van der Waals surface area contributed by atoms with E-state index in [1.165, 1.54) is 12.1 Å². The summed E-state index contributed by atoms with van der Waals surface area (Å²) in [6.45, 7) is 2.44. The Kier molecular flexibility index (Phi) is 3.97. The first-order valence-electron chi connectivity index (χ1n) is 5.51. The molecule has 0 saturated carbocycles. The number of benzene rings is 2. The van der Waals surface area contributed by atoms with Crippen molar-refractivity contribution in [3.63, 3.8) is 0 Å². The van der Waals surface area contributed by atoms with Gasteiger partial charge in [-0.1, -0.05) is 34.1 Å². The van der Waals surface area contributed by atoms with Crippen LogP contribution in [0, 0.1) is 18.6 Å². The monoisotopic (exact) mass is 311 g/mol. The average Bonchev–Trinajstić information content (AvgIpc) is 2.35. The zero-order valence-corrected chi connectivity index (χ0v) is 11.4. The average molecular weight is 312 g/mol. The molecule has 0 bridgehead atoms. The lowest BCUT2D eigenvalue weighted by Crippen LogP contribution is -2.02. The molecule has 0 aliphatic carbocycles. The van der Waals surface area contributed by atoms with E-state index in [4.69, 9.17) is 0 Å². The molecule has 94 valence electrons. The van der Waals surface area contributed by atoms with Crippen LogP contribution in [0.3, 0.4) is 0 Å². The number of hydrogen-bond acceptors (Lipinski definition) is 1. The third-order valence-corrected chi connectivity index (χ3v) is 3.55. The molecule has 2 aromatic carbocycles. The van der Waals surface area contributed by atoms with E-state index in [1.807, 2.05) is 25.1 Å². The first kappa shape index (κ1) is 13.0. The van der Waals surface area contributed by atoms with E-state index in [9.17, 15) is 8.78 Å². The number of aryl methyl sites for hydroxylation is 1. The molecule has 0 aliphatic heterocycles. The Bertz CT molecular complexity index is 570. The molecule has 1 N–H and O–H groups in total. The van der Waals surface area contributed by atoms with Crippen molar-refractivity contribution in [3.05, 3.63) is 63.6 Å². The number of halogens is 3. The van der Waals surface area contributed by atoms with Crippen molar-refractivity contribution in [3.8, 4) is 0 Å². The van der Waals surface area contributed by atoms with E-state index in [0.717, 1.165) is 21.7 Å². The smallest absolute Gasteiger partial charge is 0.181 e. The molecule has 0 aromatic heterocycles. The first-order chi connectivity index (χ1) is 8.58. The minimum Gasteiger partial charge on any atom is -0.379 e. The van der Waals surface area contributed by atoms with Crippen molar-refractivity contribution in [1.29, 1.82) is 0 Å². The molecule has 0 atom stereocenters. The van der Waals surface area contributed by atoms with E-state index in [2.05, 4.69) is 21.2 Å². The molecule has 0 amide bonds. The molecule has 18 heavy (non-hydrogen) atoms. The predicted octanol–water partition coefficient (Wildman–Crippen LogP) is 4.65. The summed E-state index contributed by atoms with van der Waals surface area (Å²) in [5, 5.41) is 2.89. The van der Waals surface area contributed by atoms with Gasteiger partial charge < -0.3 is 5.32 Å². The highest BCUT2D eigenvalue weighted by atomic mass is 79.9. The minimum atomic E-state index is -0.841. The van der Waals surface area contributed by atoms with E-state index in [0.29, 0.717) is 6.54 Å². The minimum absolute atomic E-state index is 0.176. The Morgan fingerprint density at radius 2 is 1.94 bits per heavy atom. The molecular formula is C14H12BrF2N. The zero-order chi connectivity index (χ0) is 13.1. The summed E-state index contributed by atoms with van der Waals surface area (Å²) < 4.78 is 27.4. The van der Waals surface area contributed by atoms with Gasteiger partial charge in [-0.2, -0.15) is 0 Å². The lowest BCUT2D eigenvalue weighted by atomic mass is 10.1. The second kappa shape index (κ2) is 5.48.